The number of benzene rings is 1. The molecule has 0 radical (unpaired) electrons. The van der Waals surface area contributed by atoms with Crippen LogP contribution >= 0.6 is 0 Å². The molecule has 0 aliphatic carbocycles. The first-order valence-corrected chi connectivity index (χ1v) is 6.52. The number of aryl methyl sites for hydroxylation is 1. The number of hydrogen-bond donors (Lipinski definition) is 3. The van der Waals surface area contributed by atoms with Crippen molar-refractivity contribution in [1.82, 2.24) is 10.6 Å². The molecule has 2 rings (SSSR count). The largest absolute Gasteiger partial charge is 0.355 e. The van der Waals surface area contributed by atoms with Crippen LogP contribution in [0.2, 0.25) is 0 Å². The molecular weight excluding hydrogens is 242 g/mol. The van der Waals surface area contributed by atoms with Crippen molar-refractivity contribution in [3.05, 3.63) is 29.3 Å². The first-order chi connectivity index (χ1) is 9.19. The molecule has 19 heavy (non-hydrogen) atoms. The Balaban J connectivity index is 1.77. The predicted molar refractivity (Wildman–Crippen MR) is 74.0 cm³/mol. The van der Waals surface area contributed by atoms with Crippen molar-refractivity contribution in [1.29, 1.82) is 0 Å². The van der Waals surface area contributed by atoms with Crippen LogP contribution in [0.4, 0.5) is 5.69 Å². The summed E-state index contributed by atoms with van der Waals surface area (Å²) < 4.78 is 0. The molecule has 1 aromatic carbocycles. The summed E-state index contributed by atoms with van der Waals surface area (Å²) in [6.45, 7) is 1.03. The number of likely N-dealkylation sites (N-methyl/N-ethyl adjacent to an activating group) is 1. The molecule has 1 aliphatic rings. The van der Waals surface area contributed by atoms with E-state index in [4.69, 9.17) is 0 Å². The fourth-order valence-corrected chi connectivity index (χ4v) is 2.18. The molecule has 0 unspecified atom stereocenters. The highest BCUT2D eigenvalue weighted by Gasteiger charge is 2.17. The van der Waals surface area contributed by atoms with E-state index in [-0.39, 0.29) is 11.8 Å². The van der Waals surface area contributed by atoms with Crippen LogP contribution in [-0.4, -0.2) is 32.0 Å². The lowest BCUT2D eigenvalue weighted by Gasteiger charge is -2.06. The van der Waals surface area contributed by atoms with Crippen LogP contribution in [0.25, 0.3) is 0 Å². The van der Waals surface area contributed by atoms with Crippen LogP contribution < -0.4 is 16.0 Å². The summed E-state index contributed by atoms with van der Waals surface area (Å²) in [6.07, 6.45) is 2.28. The Morgan fingerprint density at radius 2 is 2.26 bits per heavy atom. The van der Waals surface area contributed by atoms with Crippen molar-refractivity contribution in [3.63, 3.8) is 0 Å². The molecule has 0 saturated heterocycles. The average molecular weight is 261 g/mol. The van der Waals surface area contributed by atoms with Gasteiger partial charge in [0, 0.05) is 12.2 Å². The van der Waals surface area contributed by atoms with Crippen molar-refractivity contribution in [2.75, 3.05) is 25.5 Å². The van der Waals surface area contributed by atoms with Crippen LogP contribution in [0, 0.1) is 0 Å². The maximum atomic E-state index is 11.2. The van der Waals surface area contributed by atoms with Gasteiger partial charge in [-0.15, -0.1) is 0 Å². The highest BCUT2D eigenvalue weighted by molar-refractivity contribution is 5.99. The number of fused-ring (bicyclic) bond motifs is 1. The summed E-state index contributed by atoms with van der Waals surface area (Å²) in [6, 6.07) is 6.05. The van der Waals surface area contributed by atoms with Gasteiger partial charge in [-0.1, -0.05) is 12.1 Å². The highest BCUT2D eigenvalue weighted by Crippen LogP contribution is 2.24. The minimum atomic E-state index is 0.0197. The van der Waals surface area contributed by atoms with Gasteiger partial charge in [-0.3, -0.25) is 9.59 Å². The third-order valence-corrected chi connectivity index (χ3v) is 3.10. The number of hydrogen-bond acceptors (Lipinski definition) is 3. The van der Waals surface area contributed by atoms with E-state index < -0.39 is 0 Å². The molecular formula is C14H19N3O2. The molecule has 1 aromatic rings. The Kier molecular flexibility index (Phi) is 4.52. The van der Waals surface area contributed by atoms with Crippen LogP contribution in [0.5, 0.6) is 0 Å². The minimum absolute atomic E-state index is 0.0197. The number of carbonyl (C=O) groups is 2. The lowest BCUT2D eigenvalue weighted by molar-refractivity contribution is -0.120. The Labute approximate surface area is 112 Å². The maximum absolute atomic E-state index is 11.2. The van der Waals surface area contributed by atoms with Crippen molar-refractivity contribution >= 4 is 17.5 Å². The van der Waals surface area contributed by atoms with Crippen LogP contribution in [0.15, 0.2) is 18.2 Å². The van der Waals surface area contributed by atoms with E-state index in [9.17, 15) is 9.59 Å². The summed E-state index contributed by atoms with van der Waals surface area (Å²) in [4.78, 5) is 22.5. The quantitative estimate of drug-likeness (QED) is 0.651. The summed E-state index contributed by atoms with van der Waals surface area (Å²) in [7, 11) is 1.75. The van der Waals surface area contributed by atoms with Gasteiger partial charge < -0.3 is 16.0 Å². The normalized spacial score (nSPS) is 13.0. The summed E-state index contributed by atoms with van der Waals surface area (Å²) >= 11 is 0. The summed E-state index contributed by atoms with van der Waals surface area (Å²) in [5.41, 5.74) is 3.20. The molecule has 3 N–H and O–H groups in total. The smallest absolute Gasteiger partial charge is 0.233 e. The molecule has 0 spiro atoms. The minimum Gasteiger partial charge on any atom is -0.355 e. The van der Waals surface area contributed by atoms with Gasteiger partial charge in [0.1, 0.15) is 0 Å². The van der Waals surface area contributed by atoms with Gasteiger partial charge in [-0.05, 0) is 37.1 Å². The number of rotatable bonds is 6. The third kappa shape index (κ3) is 3.79. The first-order valence-electron chi connectivity index (χ1n) is 6.52. The second kappa shape index (κ2) is 6.33. The van der Waals surface area contributed by atoms with Crippen LogP contribution in [0.1, 0.15) is 17.5 Å². The van der Waals surface area contributed by atoms with E-state index in [0.29, 0.717) is 19.5 Å². The van der Waals surface area contributed by atoms with E-state index in [1.807, 2.05) is 12.1 Å². The second-order valence-corrected chi connectivity index (χ2v) is 4.70. The molecule has 0 fully saturated rings. The van der Waals surface area contributed by atoms with Crippen molar-refractivity contribution in [2.45, 2.75) is 19.3 Å². The van der Waals surface area contributed by atoms with Gasteiger partial charge in [0.15, 0.2) is 0 Å². The lowest BCUT2D eigenvalue weighted by Crippen LogP contribution is -2.32. The van der Waals surface area contributed by atoms with Gasteiger partial charge in [0.2, 0.25) is 11.8 Å². The SMILES string of the molecule is CNCC(=O)NCCCc1ccc2c(c1)CC(=O)N2. The molecule has 0 aromatic heterocycles. The Morgan fingerprint density at radius 1 is 1.42 bits per heavy atom. The van der Waals surface area contributed by atoms with E-state index in [2.05, 4.69) is 22.0 Å². The predicted octanol–water partition coefficient (Wildman–Crippen LogP) is 0.449. The highest BCUT2D eigenvalue weighted by atomic mass is 16.2. The van der Waals surface area contributed by atoms with Gasteiger partial charge in [-0.2, -0.15) is 0 Å². The van der Waals surface area contributed by atoms with E-state index in [0.717, 1.165) is 24.1 Å². The fraction of sp³-hybridized carbons (Fsp3) is 0.429. The monoisotopic (exact) mass is 261 g/mol. The van der Waals surface area contributed by atoms with E-state index in [1.165, 1.54) is 5.56 Å². The van der Waals surface area contributed by atoms with E-state index in [1.54, 1.807) is 7.05 Å². The Bertz CT molecular complexity index is 486. The number of anilines is 1. The molecule has 0 bridgehead atoms. The van der Waals surface area contributed by atoms with Crippen LogP contribution in [0.3, 0.4) is 0 Å². The zero-order chi connectivity index (χ0) is 13.7. The second-order valence-electron chi connectivity index (χ2n) is 4.70. The zero-order valence-electron chi connectivity index (χ0n) is 11.1. The number of nitrogens with one attached hydrogen (secondary N) is 3. The molecule has 5 nitrogen and oxygen atoms in total. The van der Waals surface area contributed by atoms with Crippen molar-refractivity contribution in [2.24, 2.45) is 0 Å². The summed E-state index contributed by atoms with van der Waals surface area (Å²) in [5.74, 6) is 0.0812. The Morgan fingerprint density at radius 3 is 3.05 bits per heavy atom. The third-order valence-electron chi connectivity index (χ3n) is 3.10. The van der Waals surface area contributed by atoms with Gasteiger partial charge in [0.05, 0.1) is 13.0 Å². The number of amides is 2. The maximum Gasteiger partial charge on any atom is 0.233 e. The molecule has 1 heterocycles. The molecule has 1 aliphatic heterocycles. The molecule has 102 valence electrons. The molecule has 0 atom stereocenters. The van der Waals surface area contributed by atoms with Crippen molar-refractivity contribution in [3.8, 4) is 0 Å². The first kappa shape index (κ1) is 13.5. The van der Waals surface area contributed by atoms with Gasteiger partial charge in [-0.25, -0.2) is 0 Å². The van der Waals surface area contributed by atoms with E-state index >= 15 is 0 Å². The van der Waals surface area contributed by atoms with Gasteiger partial charge in [0.25, 0.3) is 0 Å². The standard InChI is InChI=1S/C14H19N3O2/c1-15-9-14(19)16-6-2-3-10-4-5-12-11(7-10)8-13(18)17-12/h4-5,7,15H,2-3,6,8-9H2,1H3,(H,16,19)(H,17,18). The van der Waals surface area contributed by atoms with Crippen molar-refractivity contribution < 1.29 is 9.59 Å². The molecule has 0 saturated carbocycles. The topological polar surface area (TPSA) is 70.2 Å². The number of carbonyl (C=O) groups excluding carboxylic acids is 2. The molecule has 2 amide bonds. The average Bonchev–Trinajstić information content (AvgIpc) is 2.74. The van der Waals surface area contributed by atoms with Crippen LogP contribution in [-0.2, 0) is 22.4 Å². The lowest BCUT2D eigenvalue weighted by atomic mass is 10.0. The fourth-order valence-electron chi connectivity index (χ4n) is 2.18. The Hall–Kier alpha value is -1.88. The molecule has 5 heteroatoms. The van der Waals surface area contributed by atoms with Gasteiger partial charge >= 0.3 is 0 Å². The zero-order valence-corrected chi connectivity index (χ0v) is 11.1. The summed E-state index contributed by atoms with van der Waals surface area (Å²) in [5, 5.41) is 8.47.